The van der Waals surface area contributed by atoms with Crippen LogP contribution in [0.5, 0.6) is 0 Å². The molecular formula is C28H22F6N2S2. The number of hydrogen-bond donors (Lipinski definition) is 4. The highest BCUT2D eigenvalue weighted by molar-refractivity contribution is 7.80. The van der Waals surface area contributed by atoms with Crippen LogP contribution in [0.3, 0.4) is 0 Å². The maximum atomic E-state index is 14.2. The molecule has 0 spiro atoms. The van der Waals surface area contributed by atoms with Gasteiger partial charge in [-0.3, -0.25) is 0 Å². The third kappa shape index (κ3) is 6.24. The minimum Gasteiger partial charge on any atom is -0.375 e. The fourth-order valence-electron chi connectivity index (χ4n) is 4.26. The van der Waals surface area contributed by atoms with Crippen molar-refractivity contribution in [3.8, 4) is 0 Å². The topological polar surface area (TPSA) is 24.1 Å². The van der Waals surface area contributed by atoms with Crippen LogP contribution in [-0.2, 0) is 12.4 Å². The first kappa shape index (κ1) is 27.8. The Hall–Kier alpha value is -3.24. The van der Waals surface area contributed by atoms with Crippen LogP contribution in [0.15, 0.2) is 107 Å². The number of halogens is 6. The Morgan fingerprint density at radius 2 is 0.789 bits per heavy atom. The lowest BCUT2D eigenvalue weighted by Gasteiger charge is -2.34. The Morgan fingerprint density at radius 1 is 0.474 bits per heavy atom. The first-order valence-corrected chi connectivity index (χ1v) is 12.3. The molecule has 38 heavy (non-hydrogen) atoms. The molecule has 198 valence electrons. The molecule has 0 saturated carbocycles. The number of alkyl halides is 6. The van der Waals surface area contributed by atoms with Crippen molar-refractivity contribution in [2.24, 2.45) is 0 Å². The number of para-hydroxylation sites is 2. The molecule has 4 aromatic rings. The van der Waals surface area contributed by atoms with E-state index in [1.807, 2.05) is 0 Å². The molecule has 0 saturated heterocycles. The van der Waals surface area contributed by atoms with Crippen LogP contribution >= 0.6 is 25.3 Å². The van der Waals surface area contributed by atoms with Gasteiger partial charge in [0.25, 0.3) is 0 Å². The molecular weight excluding hydrogens is 542 g/mol. The molecule has 0 aromatic heterocycles. The van der Waals surface area contributed by atoms with E-state index in [0.717, 1.165) is 12.1 Å². The molecule has 0 amide bonds. The number of thiol groups is 2. The Kier molecular flexibility index (Phi) is 8.22. The van der Waals surface area contributed by atoms with E-state index in [2.05, 4.69) is 35.9 Å². The van der Waals surface area contributed by atoms with Gasteiger partial charge in [-0.15, -0.1) is 25.3 Å². The van der Waals surface area contributed by atoms with Gasteiger partial charge in [-0.1, -0.05) is 60.7 Å². The van der Waals surface area contributed by atoms with Gasteiger partial charge in [0, 0.05) is 21.2 Å². The maximum absolute atomic E-state index is 14.2. The fraction of sp³-hybridized carbons (Fsp3) is 0.143. The summed E-state index contributed by atoms with van der Waals surface area (Å²) in [6, 6.07) is 20.2. The Bertz CT molecular complexity index is 1300. The van der Waals surface area contributed by atoms with Gasteiger partial charge >= 0.3 is 12.4 Å². The van der Waals surface area contributed by atoms with E-state index in [4.69, 9.17) is 0 Å². The zero-order chi connectivity index (χ0) is 27.5. The molecule has 0 aliphatic rings. The van der Waals surface area contributed by atoms with Crippen LogP contribution in [0.4, 0.5) is 37.7 Å². The fourth-order valence-corrected chi connectivity index (χ4v) is 4.71. The molecule has 0 aliphatic heterocycles. The number of hydrogen-bond acceptors (Lipinski definition) is 4. The highest BCUT2D eigenvalue weighted by Gasteiger charge is 2.41. The maximum Gasteiger partial charge on any atom is 0.416 e. The van der Waals surface area contributed by atoms with Crippen LogP contribution in [0, 0.1) is 0 Å². The molecule has 0 aliphatic carbocycles. The van der Waals surface area contributed by atoms with Crippen LogP contribution in [0.25, 0.3) is 0 Å². The van der Waals surface area contributed by atoms with Crippen molar-refractivity contribution in [3.63, 3.8) is 0 Å². The molecule has 2 unspecified atom stereocenters. The zero-order valence-electron chi connectivity index (χ0n) is 19.6. The summed E-state index contributed by atoms with van der Waals surface area (Å²) in [4.78, 5) is 0.832. The third-order valence-corrected chi connectivity index (χ3v) is 6.75. The Balaban J connectivity index is 2.00. The average molecular weight is 565 g/mol. The van der Waals surface area contributed by atoms with Crippen molar-refractivity contribution in [2.75, 3.05) is 10.6 Å². The molecule has 10 heteroatoms. The molecule has 4 aromatic carbocycles. The van der Waals surface area contributed by atoms with Crippen molar-refractivity contribution < 1.29 is 26.3 Å². The van der Waals surface area contributed by atoms with Gasteiger partial charge in [-0.05, 0) is 47.5 Å². The lowest BCUT2D eigenvalue weighted by molar-refractivity contribution is -0.139. The van der Waals surface area contributed by atoms with Gasteiger partial charge in [0.2, 0.25) is 0 Å². The van der Waals surface area contributed by atoms with E-state index in [1.165, 1.54) is 36.4 Å². The largest absolute Gasteiger partial charge is 0.416 e. The lowest BCUT2D eigenvalue weighted by Crippen LogP contribution is -2.30. The van der Waals surface area contributed by atoms with Gasteiger partial charge in [0.15, 0.2) is 0 Å². The van der Waals surface area contributed by atoms with Crippen molar-refractivity contribution in [1.29, 1.82) is 0 Å². The normalized spacial score (nSPS) is 13.6. The van der Waals surface area contributed by atoms with E-state index in [9.17, 15) is 26.3 Å². The summed E-state index contributed by atoms with van der Waals surface area (Å²) in [6.07, 6.45) is -9.51. The van der Waals surface area contributed by atoms with Crippen LogP contribution in [0.2, 0.25) is 0 Å². The highest BCUT2D eigenvalue weighted by atomic mass is 32.1. The standard InChI is InChI=1S/C28H22F6N2S2/c29-27(30,31)19-11-3-1-9-17(19)25(35-21-13-5-7-15-23(21)37)26(36-22-14-6-8-16-24(22)38)18-10-2-4-12-20(18)28(32,33)34/h1-16,25-26,35-38H. The average Bonchev–Trinajstić information content (AvgIpc) is 2.87. The van der Waals surface area contributed by atoms with Crippen LogP contribution in [0.1, 0.15) is 34.3 Å². The molecule has 0 fully saturated rings. The Labute approximate surface area is 226 Å². The van der Waals surface area contributed by atoms with Crippen molar-refractivity contribution in [3.05, 3.63) is 119 Å². The quantitative estimate of drug-likeness (QED) is 0.133. The van der Waals surface area contributed by atoms with Gasteiger partial charge < -0.3 is 10.6 Å². The summed E-state index contributed by atoms with van der Waals surface area (Å²) < 4.78 is 85.2. The van der Waals surface area contributed by atoms with Crippen LogP contribution in [-0.4, -0.2) is 0 Å². The number of rotatable bonds is 7. The molecule has 2 N–H and O–H groups in total. The van der Waals surface area contributed by atoms with Crippen molar-refractivity contribution in [1.82, 2.24) is 0 Å². The second-order valence-corrected chi connectivity index (χ2v) is 9.41. The molecule has 0 radical (unpaired) electrons. The summed E-state index contributed by atoms with van der Waals surface area (Å²) >= 11 is 8.82. The summed E-state index contributed by atoms with van der Waals surface area (Å²) in [5.74, 6) is 0. The summed E-state index contributed by atoms with van der Waals surface area (Å²) in [7, 11) is 0. The second kappa shape index (κ2) is 11.2. The zero-order valence-corrected chi connectivity index (χ0v) is 21.3. The van der Waals surface area contributed by atoms with E-state index in [0.29, 0.717) is 21.2 Å². The van der Waals surface area contributed by atoms with Gasteiger partial charge in [-0.2, -0.15) is 26.3 Å². The lowest BCUT2D eigenvalue weighted by atomic mass is 9.87. The highest BCUT2D eigenvalue weighted by Crippen LogP contribution is 2.45. The SMILES string of the molecule is FC(F)(F)c1ccccc1C(Nc1ccccc1S)C(Nc1ccccc1S)c1ccccc1C(F)(F)F. The molecule has 0 heterocycles. The summed E-state index contributed by atoms with van der Waals surface area (Å²) in [5, 5.41) is 6.12. The van der Waals surface area contributed by atoms with E-state index in [1.54, 1.807) is 48.5 Å². The van der Waals surface area contributed by atoms with Gasteiger partial charge in [0.05, 0.1) is 23.2 Å². The van der Waals surface area contributed by atoms with Crippen molar-refractivity contribution >= 4 is 36.6 Å². The Morgan fingerprint density at radius 3 is 1.13 bits per heavy atom. The number of benzene rings is 4. The van der Waals surface area contributed by atoms with E-state index >= 15 is 0 Å². The third-order valence-electron chi connectivity index (χ3n) is 5.97. The van der Waals surface area contributed by atoms with E-state index < -0.39 is 35.6 Å². The minimum atomic E-state index is -4.76. The first-order valence-electron chi connectivity index (χ1n) is 11.4. The minimum absolute atomic E-state index is 0.234. The molecule has 0 bridgehead atoms. The smallest absolute Gasteiger partial charge is 0.375 e. The molecule has 2 atom stereocenters. The first-order chi connectivity index (χ1) is 18.0. The number of anilines is 2. The van der Waals surface area contributed by atoms with E-state index in [-0.39, 0.29) is 11.1 Å². The summed E-state index contributed by atoms with van der Waals surface area (Å²) in [5.41, 5.74) is -1.69. The molecule has 2 nitrogen and oxygen atoms in total. The predicted molar refractivity (Wildman–Crippen MR) is 143 cm³/mol. The number of nitrogens with one attached hydrogen (secondary N) is 2. The molecule has 4 rings (SSSR count). The van der Waals surface area contributed by atoms with Gasteiger partial charge in [0.1, 0.15) is 0 Å². The summed E-state index contributed by atoms with van der Waals surface area (Å²) in [6.45, 7) is 0. The second-order valence-electron chi connectivity index (χ2n) is 8.45. The predicted octanol–water partition coefficient (Wildman–Crippen LogP) is 9.31. The monoisotopic (exact) mass is 564 g/mol. The van der Waals surface area contributed by atoms with Gasteiger partial charge in [-0.25, -0.2) is 0 Å². The van der Waals surface area contributed by atoms with Crippen LogP contribution < -0.4 is 10.6 Å². The van der Waals surface area contributed by atoms with Crippen molar-refractivity contribution in [2.45, 2.75) is 34.2 Å².